The van der Waals surface area contributed by atoms with Crippen LogP contribution in [-0.2, 0) is 19.2 Å². The van der Waals surface area contributed by atoms with Crippen LogP contribution in [0, 0.1) is 10.8 Å². The summed E-state index contributed by atoms with van der Waals surface area (Å²) in [4.78, 5) is 48.4. The van der Waals surface area contributed by atoms with Gasteiger partial charge >= 0.3 is 0 Å². The van der Waals surface area contributed by atoms with Crippen molar-refractivity contribution in [3.8, 4) is 0 Å². The van der Waals surface area contributed by atoms with E-state index in [0.29, 0.717) is 12.8 Å². The van der Waals surface area contributed by atoms with Gasteiger partial charge in [-0.2, -0.15) is 0 Å². The molecule has 0 bridgehead atoms. The Hall–Kier alpha value is -1.72. The van der Waals surface area contributed by atoms with Crippen molar-refractivity contribution in [1.82, 2.24) is 10.6 Å². The van der Waals surface area contributed by atoms with E-state index in [2.05, 4.69) is 10.6 Å². The highest BCUT2D eigenvalue weighted by Gasteiger charge is 2.35. The fourth-order valence-corrected chi connectivity index (χ4v) is 2.63. The van der Waals surface area contributed by atoms with Gasteiger partial charge in [0.05, 0.1) is 0 Å². The van der Waals surface area contributed by atoms with Crippen LogP contribution < -0.4 is 10.6 Å². The number of rotatable bonds is 4. The van der Waals surface area contributed by atoms with Gasteiger partial charge in [-0.3, -0.25) is 19.2 Å². The largest absolute Gasteiger partial charge is 0.345 e. The van der Waals surface area contributed by atoms with Gasteiger partial charge in [0.2, 0.25) is 11.6 Å². The Morgan fingerprint density at radius 3 is 1.21 bits per heavy atom. The van der Waals surface area contributed by atoms with Crippen LogP contribution in [0.1, 0.15) is 67.2 Å². The zero-order valence-corrected chi connectivity index (χ0v) is 15.6. The van der Waals surface area contributed by atoms with Crippen LogP contribution >= 0.6 is 0 Å². The fourth-order valence-electron chi connectivity index (χ4n) is 2.63. The lowest BCUT2D eigenvalue weighted by Crippen LogP contribution is -2.56. The Labute approximate surface area is 144 Å². The van der Waals surface area contributed by atoms with E-state index >= 15 is 0 Å². The van der Waals surface area contributed by atoms with Gasteiger partial charge in [0.1, 0.15) is 0 Å². The molecule has 24 heavy (non-hydrogen) atoms. The molecule has 0 heterocycles. The van der Waals surface area contributed by atoms with Gasteiger partial charge in [-0.25, -0.2) is 0 Å². The van der Waals surface area contributed by atoms with Crippen LogP contribution in [0.25, 0.3) is 0 Å². The number of amides is 2. The third-order valence-corrected chi connectivity index (χ3v) is 4.17. The van der Waals surface area contributed by atoms with Gasteiger partial charge in [-0.15, -0.1) is 0 Å². The van der Waals surface area contributed by atoms with Gasteiger partial charge < -0.3 is 10.6 Å². The molecule has 1 fully saturated rings. The molecule has 0 saturated heterocycles. The lowest BCUT2D eigenvalue weighted by Gasteiger charge is -2.33. The summed E-state index contributed by atoms with van der Waals surface area (Å²) in [5, 5.41) is 5.49. The van der Waals surface area contributed by atoms with Crippen molar-refractivity contribution in [2.75, 3.05) is 0 Å². The third-order valence-electron chi connectivity index (χ3n) is 4.17. The van der Waals surface area contributed by atoms with Crippen molar-refractivity contribution < 1.29 is 19.2 Å². The van der Waals surface area contributed by atoms with E-state index in [1.807, 2.05) is 0 Å². The van der Waals surface area contributed by atoms with Crippen LogP contribution in [0.2, 0.25) is 0 Å². The highest BCUT2D eigenvalue weighted by molar-refractivity contribution is 6.38. The number of nitrogens with one attached hydrogen (secondary N) is 2. The molecule has 6 heteroatoms. The Bertz CT molecular complexity index is 478. The molecule has 2 atom stereocenters. The van der Waals surface area contributed by atoms with Crippen molar-refractivity contribution in [1.29, 1.82) is 0 Å². The minimum atomic E-state index is -0.750. The predicted molar refractivity (Wildman–Crippen MR) is 91.3 cm³/mol. The molecule has 0 aliphatic heterocycles. The van der Waals surface area contributed by atoms with Crippen LogP contribution in [0.15, 0.2) is 0 Å². The highest BCUT2D eigenvalue weighted by Crippen LogP contribution is 2.21. The van der Waals surface area contributed by atoms with E-state index in [4.69, 9.17) is 0 Å². The summed E-state index contributed by atoms with van der Waals surface area (Å²) in [6.07, 6.45) is 3.18. The Morgan fingerprint density at radius 2 is 0.958 bits per heavy atom. The van der Waals surface area contributed by atoms with Gasteiger partial charge in [-0.05, 0) is 12.8 Å². The zero-order chi connectivity index (χ0) is 18.7. The summed E-state index contributed by atoms with van der Waals surface area (Å²) in [5.41, 5.74) is -1.50. The zero-order valence-electron chi connectivity index (χ0n) is 15.6. The fraction of sp³-hybridized carbons (Fsp3) is 0.778. The molecule has 0 spiro atoms. The maximum atomic E-state index is 12.1. The molecule has 1 saturated carbocycles. The molecule has 0 aromatic carbocycles. The average molecular weight is 338 g/mol. The molecule has 0 aromatic rings. The van der Waals surface area contributed by atoms with Gasteiger partial charge in [0.15, 0.2) is 0 Å². The Kier molecular flexibility index (Phi) is 6.31. The molecule has 136 valence electrons. The molecule has 1 aliphatic rings. The minimum Gasteiger partial charge on any atom is -0.345 e. The SMILES string of the molecule is CC(C)(C)C(=O)C(=O)N[C@@H]1CCCC[C@H]1NC(=O)C(=O)C(C)(C)C. The number of Topliss-reactive ketones (excluding diaryl/α,β-unsaturated/α-hetero) is 2. The summed E-state index contributed by atoms with van der Waals surface area (Å²) in [5.74, 6) is -2.22. The van der Waals surface area contributed by atoms with Crippen molar-refractivity contribution >= 4 is 23.4 Å². The summed E-state index contributed by atoms with van der Waals surface area (Å²) in [6.45, 7) is 10.1. The summed E-state index contributed by atoms with van der Waals surface area (Å²) in [6, 6.07) is -0.650. The highest BCUT2D eigenvalue weighted by atomic mass is 16.2. The minimum absolute atomic E-state index is 0.325. The Balaban J connectivity index is 2.76. The first kappa shape index (κ1) is 20.3. The first-order chi connectivity index (χ1) is 10.8. The molecule has 0 unspecified atom stereocenters. The van der Waals surface area contributed by atoms with Crippen molar-refractivity contribution in [3.05, 3.63) is 0 Å². The summed E-state index contributed by atoms with van der Waals surface area (Å²) < 4.78 is 0. The third kappa shape index (κ3) is 5.42. The van der Waals surface area contributed by atoms with Crippen LogP contribution in [0.4, 0.5) is 0 Å². The normalized spacial score (nSPS) is 21.8. The number of ketones is 2. The maximum absolute atomic E-state index is 12.1. The van der Waals surface area contributed by atoms with E-state index in [-0.39, 0.29) is 12.1 Å². The maximum Gasteiger partial charge on any atom is 0.288 e. The van der Waals surface area contributed by atoms with Crippen LogP contribution in [0.5, 0.6) is 0 Å². The van der Waals surface area contributed by atoms with Gasteiger partial charge in [0.25, 0.3) is 11.8 Å². The quantitative estimate of drug-likeness (QED) is 0.764. The van der Waals surface area contributed by atoms with Crippen molar-refractivity contribution in [2.45, 2.75) is 79.3 Å². The molecule has 2 N–H and O–H groups in total. The molecule has 1 rings (SSSR count). The van der Waals surface area contributed by atoms with Crippen molar-refractivity contribution in [2.24, 2.45) is 10.8 Å². The first-order valence-electron chi connectivity index (χ1n) is 8.54. The summed E-state index contributed by atoms with van der Waals surface area (Å²) in [7, 11) is 0. The van der Waals surface area contributed by atoms with E-state index in [9.17, 15) is 19.2 Å². The number of hydrogen-bond acceptors (Lipinski definition) is 4. The number of hydrogen-bond donors (Lipinski definition) is 2. The number of carbonyl (C=O) groups excluding carboxylic acids is 4. The second kappa shape index (κ2) is 7.45. The lowest BCUT2D eigenvalue weighted by molar-refractivity contribution is -0.144. The molecular formula is C18H30N2O4. The number of carbonyl (C=O) groups is 4. The lowest BCUT2D eigenvalue weighted by atomic mass is 9.86. The van der Waals surface area contributed by atoms with Crippen LogP contribution in [-0.4, -0.2) is 35.5 Å². The van der Waals surface area contributed by atoms with Gasteiger partial charge in [0, 0.05) is 22.9 Å². The van der Waals surface area contributed by atoms with Gasteiger partial charge in [-0.1, -0.05) is 54.4 Å². The standard InChI is InChI=1S/C18H30N2O4/c1-17(2,3)13(21)15(23)19-11-9-7-8-10-12(11)20-16(24)14(22)18(4,5)6/h11-12H,7-10H2,1-6H3,(H,19,23)(H,20,24)/t11-,12-/m1/s1. The molecule has 6 nitrogen and oxygen atoms in total. The van der Waals surface area contributed by atoms with Crippen LogP contribution in [0.3, 0.4) is 0 Å². The van der Waals surface area contributed by atoms with E-state index in [1.165, 1.54) is 0 Å². The van der Waals surface area contributed by atoms with E-state index < -0.39 is 34.2 Å². The van der Waals surface area contributed by atoms with E-state index in [0.717, 1.165) is 12.8 Å². The Morgan fingerprint density at radius 1 is 0.667 bits per heavy atom. The topological polar surface area (TPSA) is 92.3 Å². The monoisotopic (exact) mass is 338 g/mol. The summed E-state index contributed by atoms with van der Waals surface area (Å²) >= 11 is 0. The first-order valence-corrected chi connectivity index (χ1v) is 8.54. The molecule has 0 aromatic heterocycles. The van der Waals surface area contributed by atoms with E-state index in [1.54, 1.807) is 41.5 Å². The molecular weight excluding hydrogens is 308 g/mol. The molecule has 2 amide bonds. The predicted octanol–water partition coefficient (Wildman–Crippen LogP) is 1.76. The molecule has 1 aliphatic carbocycles. The van der Waals surface area contributed by atoms with Crippen molar-refractivity contribution in [3.63, 3.8) is 0 Å². The molecule has 0 radical (unpaired) electrons. The second-order valence-electron chi connectivity index (χ2n) is 8.60. The smallest absolute Gasteiger partial charge is 0.288 e. The average Bonchev–Trinajstić information content (AvgIpc) is 2.45. The second-order valence-corrected chi connectivity index (χ2v) is 8.60.